The minimum absolute atomic E-state index is 0.0537. The Morgan fingerprint density at radius 3 is 2.52 bits per heavy atom. The van der Waals surface area contributed by atoms with Gasteiger partial charge in [0.2, 0.25) is 5.91 Å². The van der Waals surface area contributed by atoms with Gasteiger partial charge in [-0.05, 0) is 12.8 Å². The van der Waals surface area contributed by atoms with E-state index in [4.69, 9.17) is 18.3 Å². The lowest BCUT2D eigenvalue weighted by Gasteiger charge is -2.22. The maximum atomic E-state index is 12.0. The first kappa shape index (κ1) is 24.7. The third kappa shape index (κ3) is 11.3. The number of nitrogens with one attached hydrogen (secondary N) is 1. The van der Waals surface area contributed by atoms with Gasteiger partial charge in [0, 0.05) is 33.6 Å². The molecular weight excluding hydrogens is 404 g/mol. The number of carbonyl (C=O) groups excluding carboxylic acids is 1. The van der Waals surface area contributed by atoms with E-state index in [-0.39, 0.29) is 25.7 Å². The van der Waals surface area contributed by atoms with Crippen LogP contribution in [-0.2, 0) is 36.8 Å². The highest BCUT2D eigenvalue weighted by Gasteiger charge is 2.37. The maximum absolute atomic E-state index is 12.0. The van der Waals surface area contributed by atoms with Gasteiger partial charge in [0.1, 0.15) is 12.2 Å². The summed E-state index contributed by atoms with van der Waals surface area (Å²) < 4.78 is 47.7. The first-order chi connectivity index (χ1) is 12.7. The molecule has 0 spiro atoms. The van der Waals surface area contributed by atoms with Crippen LogP contribution in [0.25, 0.3) is 0 Å². The molecule has 0 aromatic heterocycles. The van der Waals surface area contributed by atoms with Crippen LogP contribution in [0.15, 0.2) is 0 Å². The minimum atomic E-state index is -4.28. The molecule has 3 N–H and O–H groups in total. The zero-order chi connectivity index (χ0) is 20.3. The molecule has 13 heteroatoms. The molecule has 0 radical (unpaired) electrons. The summed E-state index contributed by atoms with van der Waals surface area (Å²) in [6, 6.07) is 0. The van der Waals surface area contributed by atoms with Gasteiger partial charge in [-0.25, -0.2) is 9.13 Å². The monoisotopic (exact) mass is 433 g/mol. The molecule has 0 saturated carbocycles. The van der Waals surface area contributed by atoms with Gasteiger partial charge in [-0.1, -0.05) is 12.8 Å². The van der Waals surface area contributed by atoms with E-state index < -0.39 is 27.9 Å². The van der Waals surface area contributed by atoms with Gasteiger partial charge < -0.3 is 19.8 Å². The first-order valence-electron chi connectivity index (χ1n) is 8.70. The molecule has 1 saturated heterocycles. The Morgan fingerprint density at radius 1 is 1.15 bits per heavy atom. The summed E-state index contributed by atoms with van der Waals surface area (Å²) in [5, 5.41) is 2.69. The molecule has 1 amide bonds. The highest BCUT2D eigenvalue weighted by atomic mass is 31.2. The number of hydrogen-bond donors (Lipinski definition) is 3. The first-order valence-corrected chi connectivity index (χ1v) is 11.7. The predicted octanol–water partition coefficient (Wildman–Crippen LogP) is 1.74. The second kappa shape index (κ2) is 12.3. The number of ether oxygens (including phenoxy) is 1. The van der Waals surface area contributed by atoms with Crippen molar-refractivity contribution in [3.63, 3.8) is 0 Å². The van der Waals surface area contributed by atoms with Crippen LogP contribution < -0.4 is 5.32 Å². The van der Waals surface area contributed by atoms with Crippen molar-refractivity contribution in [1.82, 2.24) is 5.32 Å². The van der Waals surface area contributed by atoms with E-state index in [2.05, 4.69) is 9.84 Å². The van der Waals surface area contributed by atoms with Crippen molar-refractivity contribution in [2.45, 2.75) is 51.2 Å². The van der Waals surface area contributed by atoms with Gasteiger partial charge in [0.15, 0.2) is 0 Å². The van der Waals surface area contributed by atoms with Gasteiger partial charge in [-0.15, -0.1) is 0 Å². The van der Waals surface area contributed by atoms with Gasteiger partial charge in [-0.3, -0.25) is 22.9 Å². The summed E-state index contributed by atoms with van der Waals surface area (Å²) >= 11 is 0. The van der Waals surface area contributed by atoms with Gasteiger partial charge in [0.05, 0.1) is 13.2 Å². The van der Waals surface area contributed by atoms with Crippen LogP contribution in [0.2, 0.25) is 0 Å². The van der Waals surface area contributed by atoms with E-state index in [9.17, 15) is 23.7 Å². The van der Waals surface area contributed by atoms with Crippen LogP contribution in [-0.4, -0.2) is 61.4 Å². The Kier molecular flexibility index (Phi) is 11.2. The number of carbonyl (C=O) groups is 1. The molecule has 1 aliphatic rings. The third-order valence-electron chi connectivity index (χ3n) is 3.75. The van der Waals surface area contributed by atoms with Crippen molar-refractivity contribution in [2.24, 2.45) is 0 Å². The topological polar surface area (TPSA) is 150 Å². The molecule has 4 atom stereocenters. The molecule has 2 unspecified atom stereocenters. The van der Waals surface area contributed by atoms with Crippen molar-refractivity contribution >= 4 is 21.6 Å². The van der Waals surface area contributed by atoms with Gasteiger partial charge in [-0.2, -0.15) is 0 Å². The van der Waals surface area contributed by atoms with E-state index in [0.29, 0.717) is 19.4 Å². The Hall–Kier alpha value is -0.350. The second-order valence-electron chi connectivity index (χ2n) is 5.99. The van der Waals surface area contributed by atoms with E-state index in [1.54, 1.807) is 0 Å². The molecule has 0 aliphatic carbocycles. The summed E-state index contributed by atoms with van der Waals surface area (Å²) in [4.78, 5) is 29.7. The number of hydrogen-bond acceptors (Lipinski definition) is 8. The fraction of sp³-hybridized carbons (Fsp3) is 0.929. The van der Waals surface area contributed by atoms with Crippen LogP contribution >= 0.6 is 15.6 Å². The standard InChI is InChI=1S/C14H29NO10P2/c1-12(16)15-8-5-3-4-6-9-23-27(19,20)25-13-7-10-22-14(13)11-24-26(17,18)21-2/h13-14H,3-11H2,1-2H3,(H,15,16)(H,17,18)(H,19,20)/t13-,14+/m0/s1. The normalized spacial score (nSPS) is 24.3. The van der Waals surface area contributed by atoms with Crippen molar-refractivity contribution < 1.29 is 46.5 Å². The van der Waals surface area contributed by atoms with E-state index in [0.717, 1.165) is 26.4 Å². The fourth-order valence-corrected chi connectivity index (χ4v) is 3.80. The van der Waals surface area contributed by atoms with Crippen molar-refractivity contribution in [3.8, 4) is 0 Å². The highest BCUT2D eigenvalue weighted by Crippen LogP contribution is 2.48. The Morgan fingerprint density at radius 2 is 1.85 bits per heavy atom. The molecule has 160 valence electrons. The summed E-state index contributed by atoms with van der Waals surface area (Å²) in [6.07, 6.45) is 1.79. The van der Waals surface area contributed by atoms with Crippen molar-refractivity contribution in [1.29, 1.82) is 0 Å². The van der Waals surface area contributed by atoms with Crippen LogP contribution in [0.5, 0.6) is 0 Å². The molecule has 1 heterocycles. The second-order valence-corrected chi connectivity index (χ2v) is 8.95. The minimum Gasteiger partial charge on any atom is -0.373 e. The molecule has 11 nitrogen and oxygen atoms in total. The lowest BCUT2D eigenvalue weighted by molar-refractivity contribution is -0.118. The Bertz CT molecular complexity index is 546. The van der Waals surface area contributed by atoms with Gasteiger partial charge in [0.25, 0.3) is 0 Å². The SMILES string of the molecule is COP(=O)(O)OC[C@H]1OCC[C@@H]1OP(=O)(O)OCCCCCCNC(C)=O. The van der Waals surface area contributed by atoms with E-state index in [1.165, 1.54) is 6.92 Å². The average Bonchev–Trinajstić information content (AvgIpc) is 3.01. The van der Waals surface area contributed by atoms with Crippen LogP contribution in [0, 0.1) is 0 Å². The van der Waals surface area contributed by atoms with Crippen molar-refractivity contribution in [2.75, 3.05) is 33.5 Å². The van der Waals surface area contributed by atoms with Gasteiger partial charge >= 0.3 is 15.6 Å². The van der Waals surface area contributed by atoms with Crippen LogP contribution in [0.4, 0.5) is 0 Å². The summed E-state index contributed by atoms with van der Waals surface area (Å²) in [7, 11) is -7.42. The molecule has 0 aromatic carbocycles. The zero-order valence-corrected chi connectivity index (χ0v) is 17.4. The Labute approximate surface area is 158 Å². The predicted molar refractivity (Wildman–Crippen MR) is 94.9 cm³/mol. The highest BCUT2D eigenvalue weighted by molar-refractivity contribution is 7.47. The summed E-state index contributed by atoms with van der Waals surface area (Å²) in [6.45, 7) is 2.06. The van der Waals surface area contributed by atoms with E-state index in [1.807, 2.05) is 0 Å². The van der Waals surface area contributed by atoms with Crippen LogP contribution in [0.1, 0.15) is 39.0 Å². The molecular formula is C14H29NO10P2. The molecule has 0 aromatic rings. The van der Waals surface area contributed by atoms with Crippen LogP contribution in [0.3, 0.4) is 0 Å². The van der Waals surface area contributed by atoms with E-state index >= 15 is 0 Å². The number of unbranched alkanes of at least 4 members (excludes halogenated alkanes) is 3. The summed E-state index contributed by atoms with van der Waals surface area (Å²) in [5.41, 5.74) is 0. The fourth-order valence-electron chi connectivity index (χ4n) is 2.35. The average molecular weight is 433 g/mol. The molecule has 1 fully saturated rings. The Balaban J connectivity index is 2.23. The number of phosphoric acid groups is 2. The molecule has 0 bridgehead atoms. The number of phosphoric ester groups is 2. The summed E-state index contributed by atoms with van der Waals surface area (Å²) in [5.74, 6) is -0.0691. The number of rotatable bonds is 14. The molecule has 1 aliphatic heterocycles. The smallest absolute Gasteiger partial charge is 0.373 e. The third-order valence-corrected chi connectivity index (χ3v) is 5.73. The molecule has 27 heavy (non-hydrogen) atoms. The largest absolute Gasteiger partial charge is 0.472 e. The quantitative estimate of drug-likeness (QED) is 0.273. The lowest BCUT2D eigenvalue weighted by atomic mass is 10.2. The lowest BCUT2D eigenvalue weighted by Crippen LogP contribution is -2.28. The van der Waals surface area contributed by atoms with Crippen molar-refractivity contribution in [3.05, 3.63) is 0 Å². The number of amides is 1. The maximum Gasteiger partial charge on any atom is 0.472 e. The zero-order valence-electron chi connectivity index (χ0n) is 15.6. The molecule has 1 rings (SSSR count).